The average Bonchev–Trinajstić information content (AvgIpc) is 2.39. The minimum absolute atomic E-state index is 0.0825. The summed E-state index contributed by atoms with van der Waals surface area (Å²) in [6.07, 6.45) is 0. The molecule has 0 spiro atoms. The van der Waals surface area contributed by atoms with Crippen molar-refractivity contribution in [3.8, 4) is 5.88 Å². The highest BCUT2D eigenvalue weighted by Gasteiger charge is 2.22. The molecule has 0 unspecified atom stereocenters. The van der Waals surface area contributed by atoms with Gasteiger partial charge < -0.3 is 9.84 Å². The molecule has 18 heavy (non-hydrogen) atoms. The van der Waals surface area contributed by atoms with Crippen LogP contribution in [0.25, 0.3) is 10.9 Å². The van der Waals surface area contributed by atoms with E-state index >= 15 is 0 Å². The Balaban J connectivity index is 2.04. The van der Waals surface area contributed by atoms with E-state index in [2.05, 4.69) is 22.0 Å². The van der Waals surface area contributed by atoms with Gasteiger partial charge in [0.05, 0.1) is 5.52 Å². The van der Waals surface area contributed by atoms with Gasteiger partial charge in [-0.15, -0.1) is 4.90 Å². The summed E-state index contributed by atoms with van der Waals surface area (Å²) < 4.78 is 5.36. The number of ether oxygens (including phenoxy) is 1. The van der Waals surface area contributed by atoms with Crippen molar-refractivity contribution in [3.63, 3.8) is 0 Å². The minimum atomic E-state index is 0.0825. The van der Waals surface area contributed by atoms with Crippen molar-refractivity contribution >= 4 is 16.6 Å². The van der Waals surface area contributed by atoms with Crippen molar-refractivity contribution in [1.29, 1.82) is 0 Å². The lowest BCUT2D eigenvalue weighted by Gasteiger charge is -2.17. The van der Waals surface area contributed by atoms with Crippen LogP contribution in [0, 0.1) is 6.92 Å². The van der Waals surface area contributed by atoms with E-state index in [0.717, 1.165) is 42.8 Å². The van der Waals surface area contributed by atoms with Crippen molar-refractivity contribution < 1.29 is 9.84 Å². The van der Waals surface area contributed by atoms with E-state index < -0.39 is 0 Å². The Labute approximate surface area is 106 Å². The SMILES string of the molecule is Cc1cc(O)nc2ccc([N+]3CCOCC3)cc12. The zero-order valence-corrected chi connectivity index (χ0v) is 10.4. The largest absolute Gasteiger partial charge is 0.493 e. The number of hydrogen-bond acceptors (Lipinski definition) is 4. The molecule has 1 aromatic carbocycles. The van der Waals surface area contributed by atoms with E-state index in [1.165, 1.54) is 5.69 Å². The second-order valence-electron chi connectivity index (χ2n) is 4.60. The van der Waals surface area contributed by atoms with Crippen LogP contribution in [0.5, 0.6) is 5.88 Å². The zero-order valence-electron chi connectivity index (χ0n) is 10.4. The van der Waals surface area contributed by atoms with Gasteiger partial charge in [0.2, 0.25) is 5.88 Å². The van der Waals surface area contributed by atoms with Crippen LogP contribution in [0.2, 0.25) is 0 Å². The van der Waals surface area contributed by atoms with Crippen LogP contribution < -0.4 is 4.90 Å². The van der Waals surface area contributed by atoms with E-state index in [1.807, 2.05) is 13.0 Å². The lowest BCUT2D eigenvalue weighted by Crippen LogP contribution is -2.37. The van der Waals surface area contributed by atoms with E-state index in [0.29, 0.717) is 0 Å². The molecular weight excluding hydrogens is 228 g/mol. The average molecular weight is 244 g/mol. The van der Waals surface area contributed by atoms with Gasteiger partial charge in [0.25, 0.3) is 0 Å². The number of aromatic hydroxyl groups is 1. The summed E-state index contributed by atoms with van der Waals surface area (Å²) in [5, 5.41) is 10.6. The summed E-state index contributed by atoms with van der Waals surface area (Å²) in [4.78, 5) is 6.45. The minimum Gasteiger partial charge on any atom is -0.493 e. The molecule has 1 aromatic heterocycles. The predicted molar refractivity (Wildman–Crippen MR) is 70.5 cm³/mol. The summed E-state index contributed by atoms with van der Waals surface area (Å²) in [6, 6.07) is 7.86. The highest BCUT2D eigenvalue weighted by Crippen LogP contribution is 2.26. The maximum absolute atomic E-state index is 9.49. The maximum atomic E-state index is 9.49. The summed E-state index contributed by atoms with van der Waals surface area (Å²) in [5.41, 5.74) is 3.08. The standard InChI is InChI=1S/C14H16N2O2/c1-10-8-14(17)15-13-3-2-11(9-12(10)13)16-4-6-18-7-5-16/h2-3,8-9H,4-7H2,1H3,(H,15,17)/q+1. The summed E-state index contributed by atoms with van der Waals surface area (Å²) in [7, 11) is 0. The fraction of sp³-hybridized carbons (Fsp3) is 0.357. The summed E-state index contributed by atoms with van der Waals surface area (Å²) >= 11 is 0. The molecule has 93 valence electrons. The van der Waals surface area contributed by atoms with Gasteiger partial charge in [-0.25, -0.2) is 4.98 Å². The molecule has 0 amide bonds. The van der Waals surface area contributed by atoms with E-state index in [-0.39, 0.29) is 5.88 Å². The topological polar surface area (TPSA) is 48.3 Å². The van der Waals surface area contributed by atoms with Gasteiger partial charge in [-0.1, -0.05) is 0 Å². The van der Waals surface area contributed by atoms with Crippen LogP contribution in [0.15, 0.2) is 24.3 Å². The lowest BCUT2D eigenvalue weighted by atomic mass is 10.1. The second kappa shape index (κ2) is 4.55. The predicted octanol–water partition coefficient (Wildman–Crippen LogP) is 2.05. The Morgan fingerprint density at radius 2 is 2.00 bits per heavy atom. The molecule has 3 rings (SSSR count). The highest BCUT2D eigenvalue weighted by molar-refractivity contribution is 5.85. The molecule has 0 aliphatic carbocycles. The fourth-order valence-electron chi connectivity index (χ4n) is 2.38. The van der Waals surface area contributed by atoms with Gasteiger partial charge in [-0.05, 0) is 18.6 Å². The Hall–Kier alpha value is -1.65. The molecular formula is C14H16N2O2+. The van der Waals surface area contributed by atoms with Crippen molar-refractivity contribution in [1.82, 2.24) is 9.88 Å². The van der Waals surface area contributed by atoms with Crippen molar-refractivity contribution in [3.05, 3.63) is 29.8 Å². The van der Waals surface area contributed by atoms with Gasteiger partial charge in [0.1, 0.15) is 13.2 Å². The Bertz CT molecular complexity index is 577. The first-order valence-electron chi connectivity index (χ1n) is 6.17. The van der Waals surface area contributed by atoms with Crippen LogP contribution in [0.1, 0.15) is 5.56 Å². The van der Waals surface area contributed by atoms with Gasteiger partial charge in [0.15, 0.2) is 18.8 Å². The number of anilines is 1. The molecule has 4 heteroatoms. The third kappa shape index (κ3) is 2.05. The molecule has 1 radical (unpaired) electrons. The van der Waals surface area contributed by atoms with Crippen LogP contribution >= 0.6 is 0 Å². The molecule has 4 nitrogen and oxygen atoms in total. The van der Waals surface area contributed by atoms with Gasteiger partial charge >= 0.3 is 0 Å². The first kappa shape index (κ1) is 11.4. The molecule has 0 saturated carbocycles. The van der Waals surface area contributed by atoms with Crippen molar-refractivity contribution in [2.45, 2.75) is 6.92 Å². The first-order valence-corrected chi connectivity index (χ1v) is 6.17. The Kier molecular flexibility index (Phi) is 2.89. The summed E-state index contributed by atoms with van der Waals surface area (Å²) in [5.74, 6) is 0.0825. The molecule has 1 saturated heterocycles. The first-order chi connectivity index (χ1) is 8.74. The van der Waals surface area contributed by atoms with E-state index in [9.17, 15) is 5.11 Å². The molecule has 1 aliphatic heterocycles. The number of morpholine rings is 1. The van der Waals surface area contributed by atoms with Crippen LogP contribution in [-0.2, 0) is 4.74 Å². The number of nitrogens with zero attached hydrogens (tertiary/aromatic N) is 2. The number of aromatic nitrogens is 1. The van der Waals surface area contributed by atoms with Gasteiger partial charge in [0, 0.05) is 23.6 Å². The molecule has 2 aromatic rings. The normalized spacial score (nSPS) is 17.2. The van der Waals surface area contributed by atoms with Crippen LogP contribution in [0.3, 0.4) is 0 Å². The fourth-order valence-corrected chi connectivity index (χ4v) is 2.38. The van der Waals surface area contributed by atoms with Gasteiger partial charge in [-0.2, -0.15) is 0 Å². The van der Waals surface area contributed by atoms with Crippen LogP contribution in [0.4, 0.5) is 5.69 Å². The zero-order chi connectivity index (χ0) is 12.5. The lowest BCUT2D eigenvalue weighted by molar-refractivity contribution is 0.0904. The monoisotopic (exact) mass is 244 g/mol. The van der Waals surface area contributed by atoms with E-state index in [4.69, 9.17) is 4.74 Å². The van der Waals surface area contributed by atoms with Crippen LogP contribution in [-0.4, -0.2) is 36.4 Å². The number of benzene rings is 1. The molecule has 0 bridgehead atoms. The number of aryl methyl sites for hydroxylation is 1. The Morgan fingerprint density at radius 3 is 2.78 bits per heavy atom. The number of pyridine rings is 1. The Morgan fingerprint density at radius 1 is 1.22 bits per heavy atom. The smallest absolute Gasteiger partial charge is 0.211 e. The second-order valence-corrected chi connectivity index (χ2v) is 4.60. The maximum Gasteiger partial charge on any atom is 0.211 e. The van der Waals surface area contributed by atoms with E-state index in [1.54, 1.807) is 6.07 Å². The number of rotatable bonds is 1. The van der Waals surface area contributed by atoms with Crippen molar-refractivity contribution in [2.75, 3.05) is 26.3 Å². The molecule has 2 heterocycles. The third-order valence-corrected chi connectivity index (χ3v) is 3.36. The molecule has 1 aliphatic rings. The molecule has 1 fully saturated rings. The number of fused-ring (bicyclic) bond motifs is 1. The van der Waals surface area contributed by atoms with Crippen molar-refractivity contribution in [2.24, 2.45) is 0 Å². The molecule has 0 atom stereocenters. The summed E-state index contributed by atoms with van der Waals surface area (Å²) in [6.45, 7) is 5.41. The third-order valence-electron chi connectivity index (χ3n) is 3.36. The molecule has 1 N–H and O–H groups in total. The number of hydrogen-bond donors (Lipinski definition) is 1. The highest BCUT2D eigenvalue weighted by atomic mass is 16.5. The quantitative estimate of drug-likeness (QED) is 0.781. The van der Waals surface area contributed by atoms with Gasteiger partial charge in [-0.3, -0.25) is 0 Å².